The first-order chi connectivity index (χ1) is 13.3. The predicted molar refractivity (Wildman–Crippen MR) is 111 cm³/mol. The highest BCUT2D eigenvalue weighted by Crippen LogP contribution is 2.31. The van der Waals surface area contributed by atoms with Crippen LogP contribution in [0.4, 0.5) is 0 Å². The molecule has 148 valence electrons. The van der Waals surface area contributed by atoms with Gasteiger partial charge in [0, 0.05) is 36.3 Å². The van der Waals surface area contributed by atoms with E-state index in [4.69, 9.17) is 16.7 Å². The fourth-order valence-corrected chi connectivity index (χ4v) is 3.84. The highest BCUT2D eigenvalue weighted by atomic mass is 35.5. The maximum absolute atomic E-state index is 6.47. The largest absolute Gasteiger partial charge is 0.308 e. The third kappa shape index (κ3) is 3.84. The molecule has 0 spiro atoms. The Morgan fingerprint density at radius 1 is 1.21 bits per heavy atom. The molecule has 0 aliphatic carbocycles. The smallest absolute Gasteiger partial charge is 0.147 e. The molecule has 7 heteroatoms. The van der Waals surface area contributed by atoms with Gasteiger partial charge in [-0.1, -0.05) is 29.8 Å². The predicted octanol–water partition coefficient (Wildman–Crippen LogP) is 3.96. The summed E-state index contributed by atoms with van der Waals surface area (Å²) in [6.07, 6.45) is 4.16. The fourth-order valence-electron chi connectivity index (χ4n) is 3.62. The van der Waals surface area contributed by atoms with E-state index in [0.29, 0.717) is 6.04 Å². The van der Waals surface area contributed by atoms with Crippen LogP contribution in [0.1, 0.15) is 44.4 Å². The van der Waals surface area contributed by atoms with Crippen LogP contribution in [0.2, 0.25) is 5.02 Å². The second-order valence-electron chi connectivity index (χ2n) is 8.47. The molecule has 1 aliphatic heterocycles. The van der Waals surface area contributed by atoms with Gasteiger partial charge in [-0.15, -0.1) is 0 Å². The van der Waals surface area contributed by atoms with Gasteiger partial charge in [0.2, 0.25) is 0 Å². The van der Waals surface area contributed by atoms with E-state index in [1.54, 1.807) is 0 Å². The van der Waals surface area contributed by atoms with Gasteiger partial charge in [0.05, 0.1) is 22.8 Å². The molecule has 3 heterocycles. The topological polar surface area (TPSA) is 60.6 Å². The van der Waals surface area contributed by atoms with E-state index < -0.39 is 0 Å². The minimum atomic E-state index is -0.0910. The number of hydrogen-bond donors (Lipinski definition) is 1. The van der Waals surface area contributed by atoms with Crippen molar-refractivity contribution in [1.82, 2.24) is 29.9 Å². The summed E-state index contributed by atoms with van der Waals surface area (Å²) >= 11 is 6.47. The first kappa shape index (κ1) is 19.2. The summed E-state index contributed by atoms with van der Waals surface area (Å²) in [6, 6.07) is 8.27. The zero-order chi connectivity index (χ0) is 19.9. The van der Waals surface area contributed by atoms with E-state index in [1.165, 1.54) is 0 Å². The number of halogens is 1. The first-order valence-electron chi connectivity index (χ1n) is 9.79. The molecule has 2 aromatic heterocycles. The van der Waals surface area contributed by atoms with Crippen molar-refractivity contribution in [2.45, 2.75) is 65.2 Å². The lowest BCUT2D eigenvalue weighted by Crippen LogP contribution is -2.37. The van der Waals surface area contributed by atoms with Crippen LogP contribution in [-0.4, -0.2) is 30.6 Å². The summed E-state index contributed by atoms with van der Waals surface area (Å²) in [5, 5.41) is 13.8. The molecular formula is C21H27ClN6. The van der Waals surface area contributed by atoms with Gasteiger partial charge in [-0.2, -0.15) is 10.2 Å². The van der Waals surface area contributed by atoms with E-state index >= 15 is 0 Å². The van der Waals surface area contributed by atoms with E-state index in [0.717, 1.165) is 59.4 Å². The summed E-state index contributed by atoms with van der Waals surface area (Å²) in [5.41, 5.74) is 2.98. The molecule has 0 bridgehead atoms. The van der Waals surface area contributed by atoms with Gasteiger partial charge in [-0.3, -0.25) is 4.68 Å². The third-order valence-corrected chi connectivity index (χ3v) is 5.48. The maximum atomic E-state index is 6.47. The molecule has 1 aliphatic rings. The highest BCUT2D eigenvalue weighted by Gasteiger charge is 2.23. The van der Waals surface area contributed by atoms with Gasteiger partial charge in [-0.25, -0.2) is 9.67 Å². The van der Waals surface area contributed by atoms with Crippen LogP contribution in [0.5, 0.6) is 0 Å². The van der Waals surface area contributed by atoms with Crippen LogP contribution >= 0.6 is 11.6 Å². The number of aryl methyl sites for hydroxylation is 2. The Bertz CT molecular complexity index is 981. The molecule has 0 amide bonds. The molecule has 4 rings (SSSR count). The lowest BCUT2D eigenvalue weighted by atomic mass is 10.1. The maximum Gasteiger partial charge on any atom is 0.147 e. The van der Waals surface area contributed by atoms with Crippen molar-refractivity contribution in [3.8, 4) is 11.3 Å². The van der Waals surface area contributed by atoms with Crippen molar-refractivity contribution in [2.24, 2.45) is 0 Å². The quantitative estimate of drug-likeness (QED) is 0.722. The third-order valence-electron chi connectivity index (χ3n) is 5.15. The Morgan fingerprint density at radius 2 is 2.00 bits per heavy atom. The molecule has 0 saturated heterocycles. The van der Waals surface area contributed by atoms with Gasteiger partial charge in [0.15, 0.2) is 0 Å². The lowest BCUT2D eigenvalue weighted by molar-refractivity contribution is 0.352. The number of nitrogens with zero attached hydrogens (tertiary/aromatic N) is 5. The van der Waals surface area contributed by atoms with E-state index in [2.05, 4.69) is 42.4 Å². The SMILES string of the molecule is Cc1nc2n(n1)CC(NCc1cn(C(C)(C)C)nc1-c1ccccc1Cl)CC2. The minimum Gasteiger partial charge on any atom is -0.308 e. The molecule has 1 unspecified atom stereocenters. The molecule has 3 aromatic rings. The Hall–Kier alpha value is -2.18. The van der Waals surface area contributed by atoms with Crippen LogP contribution in [0.25, 0.3) is 11.3 Å². The summed E-state index contributed by atoms with van der Waals surface area (Å²) in [7, 11) is 0. The second kappa shape index (κ2) is 7.33. The average Bonchev–Trinajstić information content (AvgIpc) is 3.22. The number of aromatic nitrogens is 5. The second-order valence-corrected chi connectivity index (χ2v) is 8.88. The van der Waals surface area contributed by atoms with E-state index in [9.17, 15) is 0 Å². The highest BCUT2D eigenvalue weighted by molar-refractivity contribution is 6.33. The monoisotopic (exact) mass is 398 g/mol. The number of nitrogens with one attached hydrogen (secondary N) is 1. The van der Waals surface area contributed by atoms with Gasteiger partial charge in [-0.05, 0) is 40.2 Å². The summed E-state index contributed by atoms with van der Waals surface area (Å²) in [5.74, 6) is 1.94. The molecule has 0 fully saturated rings. The molecule has 28 heavy (non-hydrogen) atoms. The van der Waals surface area contributed by atoms with Crippen LogP contribution in [0.3, 0.4) is 0 Å². The van der Waals surface area contributed by atoms with Gasteiger partial charge in [0.1, 0.15) is 11.6 Å². The van der Waals surface area contributed by atoms with Gasteiger partial charge >= 0.3 is 0 Å². The van der Waals surface area contributed by atoms with Crippen LogP contribution in [0, 0.1) is 6.92 Å². The Kier molecular flexibility index (Phi) is 5.02. The number of fused-ring (bicyclic) bond motifs is 1. The first-order valence-corrected chi connectivity index (χ1v) is 10.2. The van der Waals surface area contributed by atoms with E-state index in [-0.39, 0.29) is 5.54 Å². The van der Waals surface area contributed by atoms with Crippen molar-refractivity contribution in [3.63, 3.8) is 0 Å². The summed E-state index contributed by atoms with van der Waals surface area (Å²) in [4.78, 5) is 4.49. The number of rotatable bonds is 4. The standard InChI is InChI=1S/C21H27ClN6/c1-14-24-19-10-9-16(13-27(19)25-14)23-11-15-12-28(21(2,3)4)26-20(15)17-7-5-6-8-18(17)22/h5-8,12,16,23H,9-11,13H2,1-4H3. The van der Waals surface area contributed by atoms with Crippen molar-refractivity contribution >= 4 is 11.6 Å². The normalized spacial score (nSPS) is 17.0. The minimum absolute atomic E-state index is 0.0910. The summed E-state index contributed by atoms with van der Waals surface area (Å²) < 4.78 is 4.06. The molecule has 0 radical (unpaired) electrons. The van der Waals surface area contributed by atoms with Crippen LogP contribution < -0.4 is 5.32 Å². The van der Waals surface area contributed by atoms with Crippen molar-refractivity contribution in [1.29, 1.82) is 0 Å². The zero-order valence-electron chi connectivity index (χ0n) is 16.9. The number of benzene rings is 1. The molecule has 1 aromatic carbocycles. The van der Waals surface area contributed by atoms with Crippen molar-refractivity contribution in [2.75, 3.05) is 0 Å². The van der Waals surface area contributed by atoms with Crippen LogP contribution in [0.15, 0.2) is 30.5 Å². The molecule has 1 atom stereocenters. The van der Waals surface area contributed by atoms with Crippen molar-refractivity contribution in [3.05, 3.63) is 52.7 Å². The fraction of sp³-hybridized carbons (Fsp3) is 0.476. The number of hydrogen-bond acceptors (Lipinski definition) is 4. The van der Waals surface area contributed by atoms with Crippen molar-refractivity contribution < 1.29 is 0 Å². The Morgan fingerprint density at radius 3 is 2.75 bits per heavy atom. The Labute approximate surface area is 170 Å². The van der Waals surface area contributed by atoms with Gasteiger partial charge in [0.25, 0.3) is 0 Å². The zero-order valence-corrected chi connectivity index (χ0v) is 17.7. The molecule has 0 saturated carbocycles. The van der Waals surface area contributed by atoms with Crippen LogP contribution in [-0.2, 0) is 25.0 Å². The molecule has 6 nitrogen and oxygen atoms in total. The Balaban J connectivity index is 1.57. The van der Waals surface area contributed by atoms with E-state index in [1.807, 2.05) is 40.6 Å². The van der Waals surface area contributed by atoms with Gasteiger partial charge < -0.3 is 5.32 Å². The lowest BCUT2D eigenvalue weighted by Gasteiger charge is -2.23. The summed E-state index contributed by atoms with van der Waals surface area (Å²) in [6.45, 7) is 10.0. The average molecular weight is 399 g/mol. The molecule has 1 N–H and O–H groups in total. The molecular weight excluding hydrogens is 372 g/mol.